The van der Waals surface area contributed by atoms with Crippen molar-refractivity contribution < 1.29 is 14.7 Å². The molecule has 1 atom stereocenters. The number of aliphatic hydroxyl groups excluding tert-OH is 1. The molecule has 0 radical (unpaired) electrons. The number of carbonyl (C=O) groups excluding carboxylic acids is 2. The van der Waals surface area contributed by atoms with Crippen LogP contribution in [-0.4, -0.2) is 51.6 Å². The Morgan fingerprint density at radius 2 is 2.09 bits per heavy atom. The Morgan fingerprint density at radius 1 is 1.35 bits per heavy atom. The minimum absolute atomic E-state index is 0.00602. The van der Waals surface area contributed by atoms with E-state index in [1.54, 1.807) is 23.9 Å². The molecule has 23 heavy (non-hydrogen) atoms. The lowest BCUT2D eigenvalue weighted by Crippen LogP contribution is -2.50. The van der Waals surface area contributed by atoms with Gasteiger partial charge in [0.05, 0.1) is 12.6 Å². The van der Waals surface area contributed by atoms with Crippen LogP contribution in [0.15, 0.2) is 24.3 Å². The average molecular weight is 355 g/mol. The molecule has 2 saturated heterocycles. The van der Waals surface area contributed by atoms with Gasteiger partial charge in [0.25, 0.3) is 5.91 Å². The third-order valence-corrected chi connectivity index (χ3v) is 5.57. The molecule has 1 aromatic rings. The maximum Gasteiger partial charge on any atom is 0.325 e. The van der Waals surface area contributed by atoms with Crippen LogP contribution >= 0.6 is 23.4 Å². The van der Waals surface area contributed by atoms with Gasteiger partial charge in [-0.3, -0.25) is 9.69 Å². The first-order valence-electron chi connectivity index (χ1n) is 7.64. The van der Waals surface area contributed by atoms with Gasteiger partial charge in [-0.1, -0.05) is 23.7 Å². The van der Waals surface area contributed by atoms with Crippen molar-refractivity contribution in [2.75, 3.05) is 18.1 Å². The number of thioether (sulfide) groups is 1. The van der Waals surface area contributed by atoms with Crippen LogP contribution in [0.5, 0.6) is 0 Å². The molecule has 2 N–H and O–H groups in total. The molecule has 1 spiro atoms. The lowest BCUT2D eigenvalue weighted by molar-refractivity contribution is -0.132. The lowest BCUT2D eigenvalue weighted by Gasteiger charge is -2.30. The highest BCUT2D eigenvalue weighted by Gasteiger charge is 2.51. The largest absolute Gasteiger partial charge is 0.391 e. The van der Waals surface area contributed by atoms with Gasteiger partial charge in [-0.2, -0.15) is 11.8 Å². The number of hydrogen-bond acceptors (Lipinski definition) is 4. The molecule has 124 valence electrons. The zero-order valence-electron chi connectivity index (χ0n) is 12.6. The van der Waals surface area contributed by atoms with Crippen molar-refractivity contribution >= 4 is 35.3 Å². The highest BCUT2D eigenvalue weighted by atomic mass is 35.5. The Labute approximate surface area is 144 Å². The first kappa shape index (κ1) is 16.6. The summed E-state index contributed by atoms with van der Waals surface area (Å²) < 4.78 is 0. The van der Waals surface area contributed by atoms with Crippen molar-refractivity contribution in [2.24, 2.45) is 0 Å². The van der Waals surface area contributed by atoms with Gasteiger partial charge in [0.1, 0.15) is 5.54 Å². The molecule has 2 fully saturated rings. The maximum atomic E-state index is 12.6. The number of nitrogens with one attached hydrogen (secondary N) is 1. The van der Waals surface area contributed by atoms with E-state index in [1.165, 1.54) is 0 Å². The smallest absolute Gasteiger partial charge is 0.325 e. The Balaban J connectivity index is 1.65. The standard InChI is InChI=1S/C16H19ClN2O3S/c17-12-3-1-2-11(8-12)9-13(20)10-19-14(21)16(18-15(19)22)4-6-23-7-5-16/h1-3,8,13,20H,4-7,9-10H2,(H,18,22). The predicted molar refractivity (Wildman–Crippen MR) is 90.7 cm³/mol. The summed E-state index contributed by atoms with van der Waals surface area (Å²) in [5.74, 6) is 1.53. The van der Waals surface area contributed by atoms with Crippen LogP contribution in [-0.2, 0) is 11.2 Å². The van der Waals surface area contributed by atoms with Gasteiger partial charge in [0.2, 0.25) is 0 Å². The molecule has 2 heterocycles. The molecule has 2 aliphatic rings. The molecule has 0 bridgehead atoms. The van der Waals surface area contributed by atoms with E-state index >= 15 is 0 Å². The number of nitrogens with zero attached hydrogens (tertiary/aromatic N) is 1. The number of rotatable bonds is 4. The third kappa shape index (κ3) is 3.49. The second kappa shape index (κ2) is 6.71. The molecule has 7 heteroatoms. The fraction of sp³-hybridized carbons (Fsp3) is 0.500. The summed E-state index contributed by atoms with van der Waals surface area (Å²) in [4.78, 5) is 25.9. The summed E-state index contributed by atoms with van der Waals surface area (Å²) in [6, 6.07) is 6.82. The van der Waals surface area contributed by atoms with E-state index in [0.29, 0.717) is 24.3 Å². The van der Waals surface area contributed by atoms with Gasteiger partial charge >= 0.3 is 6.03 Å². The quantitative estimate of drug-likeness (QED) is 0.812. The zero-order chi connectivity index (χ0) is 16.4. The molecule has 0 aliphatic carbocycles. The van der Waals surface area contributed by atoms with E-state index in [2.05, 4.69) is 5.32 Å². The van der Waals surface area contributed by atoms with Crippen LogP contribution in [0.4, 0.5) is 4.79 Å². The number of aliphatic hydroxyl groups is 1. The van der Waals surface area contributed by atoms with Crippen LogP contribution in [0, 0.1) is 0 Å². The summed E-state index contributed by atoms with van der Waals surface area (Å²) in [7, 11) is 0. The first-order valence-corrected chi connectivity index (χ1v) is 9.18. The number of hydrogen-bond donors (Lipinski definition) is 2. The predicted octanol–water partition coefficient (Wildman–Crippen LogP) is 2.06. The minimum Gasteiger partial charge on any atom is -0.391 e. The first-order chi connectivity index (χ1) is 11.0. The molecular formula is C16H19ClN2O3S. The molecule has 3 rings (SSSR count). The number of imide groups is 1. The monoisotopic (exact) mass is 354 g/mol. The molecule has 1 aromatic carbocycles. The molecule has 2 aliphatic heterocycles. The van der Waals surface area contributed by atoms with E-state index in [-0.39, 0.29) is 12.5 Å². The van der Waals surface area contributed by atoms with Crippen molar-refractivity contribution in [1.29, 1.82) is 0 Å². The number of carbonyl (C=O) groups is 2. The highest BCUT2D eigenvalue weighted by molar-refractivity contribution is 7.99. The van der Waals surface area contributed by atoms with E-state index in [4.69, 9.17) is 11.6 Å². The van der Waals surface area contributed by atoms with Crippen molar-refractivity contribution in [1.82, 2.24) is 10.2 Å². The summed E-state index contributed by atoms with van der Waals surface area (Å²) >= 11 is 7.72. The van der Waals surface area contributed by atoms with Crippen LogP contribution < -0.4 is 5.32 Å². The number of halogens is 1. The Morgan fingerprint density at radius 3 is 2.78 bits per heavy atom. The summed E-state index contributed by atoms with van der Waals surface area (Å²) in [5.41, 5.74) is 0.124. The summed E-state index contributed by atoms with van der Waals surface area (Å²) in [5, 5.41) is 13.7. The molecule has 1 unspecified atom stereocenters. The van der Waals surface area contributed by atoms with Gasteiger partial charge in [-0.15, -0.1) is 0 Å². The summed E-state index contributed by atoms with van der Waals surface area (Å²) in [6.07, 6.45) is 0.850. The van der Waals surface area contributed by atoms with Crippen molar-refractivity contribution in [3.8, 4) is 0 Å². The van der Waals surface area contributed by atoms with Gasteiger partial charge in [-0.05, 0) is 42.0 Å². The number of amides is 3. The topological polar surface area (TPSA) is 69.6 Å². The number of benzene rings is 1. The zero-order valence-corrected chi connectivity index (χ0v) is 14.2. The van der Waals surface area contributed by atoms with Crippen LogP contribution in [0.3, 0.4) is 0 Å². The van der Waals surface area contributed by atoms with Gasteiger partial charge in [0.15, 0.2) is 0 Å². The second-order valence-corrected chi connectivity index (χ2v) is 7.69. The SMILES string of the molecule is O=C1NC2(CCSCC2)C(=O)N1CC(O)Cc1cccc(Cl)c1. The van der Waals surface area contributed by atoms with Crippen molar-refractivity contribution in [3.63, 3.8) is 0 Å². The number of urea groups is 1. The Bertz CT molecular complexity index is 619. The van der Waals surface area contributed by atoms with Gasteiger partial charge < -0.3 is 10.4 Å². The van der Waals surface area contributed by atoms with E-state index in [0.717, 1.165) is 22.0 Å². The fourth-order valence-electron chi connectivity index (χ4n) is 3.11. The lowest BCUT2D eigenvalue weighted by atomic mass is 9.92. The van der Waals surface area contributed by atoms with E-state index in [1.807, 2.05) is 12.1 Å². The molecular weight excluding hydrogens is 336 g/mol. The van der Waals surface area contributed by atoms with Crippen LogP contribution in [0.2, 0.25) is 5.02 Å². The van der Waals surface area contributed by atoms with Crippen LogP contribution in [0.25, 0.3) is 0 Å². The van der Waals surface area contributed by atoms with E-state index < -0.39 is 17.7 Å². The summed E-state index contributed by atoms with van der Waals surface area (Å²) in [6.45, 7) is 0.00602. The van der Waals surface area contributed by atoms with Gasteiger partial charge in [0, 0.05) is 11.4 Å². The molecule has 3 amide bonds. The Kier molecular flexibility index (Phi) is 4.85. The Hall–Kier alpha value is -1.24. The number of β-amino-alcohol motifs (C(OH)–C–C–N with tert-alkyl or cyclic N) is 1. The normalized spacial score (nSPS) is 21.6. The fourth-order valence-corrected chi connectivity index (χ4v) is 4.51. The molecule has 5 nitrogen and oxygen atoms in total. The van der Waals surface area contributed by atoms with Gasteiger partial charge in [-0.25, -0.2) is 4.79 Å². The third-order valence-electron chi connectivity index (χ3n) is 4.35. The maximum absolute atomic E-state index is 12.6. The second-order valence-electron chi connectivity index (χ2n) is 6.03. The molecule has 0 aromatic heterocycles. The van der Waals surface area contributed by atoms with Crippen LogP contribution in [0.1, 0.15) is 18.4 Å². The van der Waals surface area contributed by atoms with Crippen molar-refractivity contribution in [2.45, 2.75) is 30.9 Å². The highest BCUT2D eigenvalue weighted by Crippen LogP contribution is 2.32. The van der Waals surface area contributed by atoms with E-state index in [9.17, 15) is 14.7 Å². The molecule has 0 saturated carbocycles. The average Bonchev–Trinajstić information content (AvgIpc) is 2.72. The minimum atomic E-state index is -0.809. The van der Waals surface area contributed by atoms with Crippen molar-refractivity contribution in [3.05, 3.63) is 34.9 Å².